The molecular weight excluding hydrogens is 204 g/mol. The van der Waals surface area contributed by atoms with Crippen LogP contribution in [0.3, 0.4) is 0 Å². The van der Waals surface area contributed by atoms with E-state index in [2.05, 4.69) is 5.32 Å². The molecule has 0 saturated heterocycles. The highest BCUT2D eigenvalue weighted by Gasteiger charge is 2.18. The summed E-state index contributed by atoms with van der Waals surface area (Å²) < 4.78 is 0. The van der Waals surface area contributed by atoms with Crippen molar-refractivity contribution >= 4 is 5.91 Å². The number of hydrogen-bond acceptors (Lipinski definition) is 3. The van der Waals surface area contributed by atoms with Gasteiger partial charge in [-0.3, -0.25) is 4.79 Å². The van der Waals surface area contributed by atoms with Crippen molar-refractivity contribution < 1.29 is 9.90 Å². The van der Waals surface area contributed by atoms with Gasteiger partial charge in [-0.15, -0.1) is 0 Å². The Hall–Kier alpha value is -0.610. The zero-order chi connectivity index (χ0) is 12.6. The van der Waals surface area contributed by atoms with Crippen molar-refractivity contribution in [2.24, 2.45) is 17.6 Å². The first kappa shape index (κ1) is 15.4. The van der Waals surface area contributed by atoms with Crippen LogP contribution >= 0.6 is 0 Å². The molecule has 4 N–H and O–H groups in total. The molecule has 0 aromatic rings. The number of carbonyl (C=O) groups is 1. The van der Waals surface area contributed by atoms with E-state index in [1.807, 2.05) is 20.8 Å². The number of aliphatic hydroxyl groups is 1. The monoisotopic (exact) mass is 230 g/mol. The summed E-state index contributed by atoms with van der Waals surface area (Å²) in [5, 5.41) is 11.7. The first-order valence-electron chi connectivity index (χ1n) is 6.17. The van der Waals surface area contributed by atoms with E-state index in [1.165, 1.54) is 0 Å². The maximum absolute atomic E-state index is 11.6. The molecule has 96 valence electrons. The molecule has 0 heterocycles. The molecule has 0 radical (unpaired) electrons. The number of carbonyl (C=O) groups excluding carboxylic acids is 1. The summed E-state index contributed by atoms with van der Waals surface area (Å²) in [5.41, 5.74) is 5.79. The molecule has 1 amide bonds. The average molecular weight is 230 g/mol. The molecule has 0 bridgehead atoms. The Morgan fingerprint density at radius 2 is 2.06 bits per heavy atom. The second-order valence-electron chi connectivity index (χ2n) is 4.63. The molecular formula is C12H26N2O2. The molecule has 16 heavy (non-hydrogen) atoms. The molecule has 0 aromatic heterocycles. The van der Waals surface area contributed by atoms with Crippen LogP contribution in [0.2, 0.25) is 0 Å². The molecule has 0 aliphatic carbocycles. The molecule has 0 rings (SSSR count). The Morgan fingerprint density at radius 1 is 1.44 bits per heavy atom. The third kappa shape index (κ3) is 6.08. The van der Waals surface area contributed by atoms with Gasteiger partial charge in [0.2, 0.25) is 5.91 Å². The lowest BCUT2D eigenvalue weighted by Crippen LogP contribution is -2.44. The summed E-state index contributed by atoms with van der Waals surface area (Å²) in [6.07, 6.45) is 2.73. The molecule has 0 spiro atoms. The smallest absolute Gasteiger partial charge is 0.237 e. The maximum atomic E-state index is 11.6. The van der Waals surface area contributed by atoms with Crippen LogP contribution in [0.1, 0.15) is 40.0 Å². The molecule has 0 fully saturated rings. The van der Waals surface area contributed by atoms with Gasteiger partial charge in [0.15, 0.2) is 0 Å². The average Bonchev–Trinajstić information content (AvgIpc) is 2.31. The topological polar surface area (TPSA) is 75.4 Å². The van der Waals surface area contributed by atoms with E-state index in [0.717, 1.165) is 19.3 Å². The summed E-state index contributed by atoms with van der Waals surface area (Å²) in [4.78, 5) is 11.6. The Morgan fingerprint density at radius 3 is 2.56 bits per heavy atom. The summed E-state index contributed by atoms with van der Waals surface area (Å²) in [7, 11) is 0. The zero-order valence-corrected chi connectivity index (χ0v) is 10.7. The van der Waals surface area contributed by atoms with E-state index >= 15 is 0 Å². The molecule has 0 saturated carbocycles. The van der Waals surface area contributed by atoms with Gasteiger partial charge in [0.25, 0.3) is 0 Å². The molecule has 4 nitrogen and oxygen atoms in total. The number of rotatable bonds is 8. The van der Waals surface area contributed by atoms with Crippen molar-refractivity contribution in [3.8, 4) is 0 Å². The van der Waals surface area contributed by atoms with Gasteiger partial charge >= 0.3 is 0 Å². The lowest BCUT2D eigenvalue weighted by atomic mass is 9.99. The second kappa shape index (κ2) is 8.53. The van der Waals surface area contributed by atoms with E-state index in [9.17, 15) is 4.79 Å². The predicted octanol–water partition coefficient (Wildman–Crippen LogP) is 0.885. The number of hydrogen-bond donors (Lipinski definition) is 3. The van der Waals surface area contributed by atoms with Crippen molar-refractivity contribution in [1.29, 1.82) is 0 Å². The Bertz CT molecular complexity index is 197. The summed E-state index contributed by atoms with van der Waals surface area (Å²) >= 11 is 0. The molecule has 0 aliphatic rings. The first-order chi connectivity index (χ1) is 7.52. The number of aliphatic hydroxyl groups excluding tert-OH is 1. The highest BCUT2D eigenvalue weighted by Crippen LogP contribution is 2.06. The van der Waals surface area contributed by atoms with E-state index in [-0.39, 0.29) is 18.4 Å². The minimum Gasteiger partial charge on any atom is -0.396 e. The largest absolute Gasteiger partial charge is 0.396 e. The van der Waals surface area contributed by atoms with E-state index in [0.29, 0.717) is 12.5 Å². The van der Waals surface area contributed by atoms with Crippen molar-refractivity contribution in [3.05, 3.63) is 0 Å². The van der Waals surface area contributed by atoms with Crippen molar-refractivity contribution in [1.82, 2.24) is 5.32 Å². The van der Waals surface area contributed by atoms with Crippen molar-refractivity contribution in [3.63, 3.8) is 0 Å². The minimum absolute atomic E-state index is 0.0639. The Balaban J connectivity index is 3.65. The second-order valence-corrected chi connectivity index (χ2v) is 4.63. The van der Waals surface area contributed by atoms with Gasteiger partial charge in [0.05, 0.1) is 6.04 Å². The van der Waals surface area contributed by atoms with Crippen molar-refractivity contribution in [2.45, 2.75) is 46.1 Å². The molecule has 4 heteroatoms. The van der Waals surface area contributed by atoms with Crippen LogP contribution in [0.5, 0.6) is 0 Å². The number of nitrogens with two attached hydrogens (primary N) is 1. The van der Waals surface area contributed by atoms with Crippen LogP contribution in [-0.2, 0) is 4.79 Å². The van der Waals surface area contributed by atoms with Crippen LogP contribution in [-0.4, -0.2) is 30.2 Å². The van der Waals surface area contributed by atoms with Crippen molar-refractivity contribution in [2.75, 3.05) is 13.2 Å². The van der Waals surface area contributed by atoms with Crippen LogP contribution in [0.4, 0.5) is 0 Å². The van der Waals surface area contributed by atoms with Gasteiger partial charge in [-0.2, -0.15) is 0 Å². The summed E-state index contributed by atoms with van der Waals surface area (Å²) in [6.45, 7) is 6.86. The van der Waals surface area contributed by atoms with Gasteiger partial charge in [-0.05, 0) is 24.7 Å². The predicted molar refractivity (Wildman–Crippen MR) is 65.9 cm³/mol. The van der Waals surface area contributed by atoms with Gasteiger partial charge in [-0.1, -0.05) is 27.2 Å². The van der Waals surface area contributed by atoms with Crippen LogP contribution < -0.4 is 11.1 Å². The van der Waals surface area contributed by atoms with Crippen LogP contribution in [0.25, 0.3) is 0 Å². The molecule has 0 aliphatic heterocycles. The highest BCUT2D eigenvalue weighted by molar-refractivity contribution is 5.81. The van der Waals surface area contributed by atoms with E-state index in [1.54, 1.807) is 0 Å². The molecule has 3 atom stereocenters. The normalized spacial score (nSPS) is 16.6. The highest BCUT2D eigenvalue weighted by atomic mass is 16.3. The third-order valence-corrected chi connectivity index (χ3v) is 3.04. The lowest BCUT2D eigenvalue weighted by Gasteiger charge is -2.17. The fraction of sp³-hybridized carbons (Fsp3) is 0.917. The van der Waals surface area contributed by atoms with E-state index < -0.39 is 6.04 Å². The van der Waals surface area contributed by atoms with Gasteiger partial charge in [-0.25, -0.2) is 0 Å². The fourth-order valence-corrected chi connectivity index (χ4v) is 1.38. The van der Waals surface area contributed by atoms with E-state index in [4.69, 9.17) is 10.8 Å². The SMILES string of the molecule is CCC(C)C(N)C(=O)NCCCC(C)CO. The van der Waals surface area contributed by atoms with Crippen LogP contribution in [0.15, 0.2) is 0 Å². The first-order valence-corrected chi connectivity index (χ1v) is 6.17. The van der Waals surface area contributed by atoms with Crippen LogP contribution in [0, 0.1) is 11.8 Å². The molecule has 3 unspecified atom stereocenters. The summed E-state index contributed by atoms with van der Waals surface area (Å²) in [5.74, 6) is 0.461. The Labute approximate surface area is 98.6 Å². The number of nitrogens with one attached hydrogen (secondary N) is 1. The minimum atomic E-state index is -0.403. The fourth-order valence-electron chi connectivity index (χ4n) is 1.38. The third-order valence-electron chi connectivity index (χ3n) is 3.04. The lowest BCUT2D eigenvalue weighted by molar-refractivity contribution is -0.123. The number of amides is 1. The zero-order valence-electron chi connectivity index (χ0n) is 10.7. The standard InChI is InChI=1S/C12H26N2O2/c1-4-10(3)11(13)12(16)14-7-5-6-9(2)8-15/h9-11,15H,4-8,13H2,1-3H3,(H,14,16). The van der Waals surface area contributed by atoms with Gasteiger partial charge in [0, 0.05) is 13.2 Å². The summed E-state index contributed by atoms with van der Waals surface area (Å²) in [6, 6.07) is -0.403. The van der Waals surface area contributed by atoms with Gasteiger partial charge in [0.1, 0.15) is 0 Å². The molecule has 0 aromatic carbocycles. The quantitative estimate of drug-likeness (QED) is 0.542. The Kier molecular flexibility index (Phi) is 8.21. The maximum Gasteiger partial charge on any atom is 0.237 e. The van der Waals surface area contributed by atoms with Gasteiger partial charge < -0.3 is 16.2 Å².